The van der Waals surface area contributed by atoms with Gasteiger partial charge in [-0.15, -0.1) is 0 Å². The van der Waals surface area contributed by atoms with Gasteiger partial charge in [0.25, 0.3) is 0 Å². The maximum atomic E-state index is 9.09. The first-order valence-electron chi connectivity index (χ1n) is 6.99. The fraction of sp³-hybridized carbons (Fsp3) is 0.929. The molecule has 17 heavy (non-hydrogen) atoms. The molecule has 1 heterocycles. The molecule has 0 aromatic carbocycles. The van der Waals surface area contributed by atoms with Crippen molar-refractivity contribution in [1.82, 2.24) is 10.2 Å². The van der Waals surface area contributed by atoms with Crippen molar-refractivity contribution in [3.8, 4) is 6.07 Å². The summed E-state index contributed by atoms with van der Waals surface area (Å²) in [6, 6.07) is 3.15. The second-order valence-corrected chi connectivity index (χ2v) is 5.39. The van der Waals surface area contributed by atoms with E-state index in [1.165, 1.54) is 32.2 Å². The number of nitrogens with one attached hydrogen (secondary N) is 1. The van der Waals surface area contributed by atoms with Crippen LogP contribution in [-0.4, -0.2) is 36.6 Å². The van der Waals surface area contributed by atoms with Crippen LogP contribution in [0.2, 0.25) is 0 Å². The Bertz CT molecular complexity index is 259. The predicted octanol–water partition coefficient (Wildman–Crippen LogP) is 2.53. The van der Waals surface area contributed by atoms with Crippen molar-refractivity contribution < 1.29 is 0 Å². The van der Waals surface area contributed by atoms with Gasteiger partial charge in [0.15, 0.2) is 0 Å². The Kier molecular flexibility index (Phi) is 5.94. The van der Waals surface area contributed by atoms with E-state index in [9.17, 15) is 0 Å². The Balaban J connectivity index is 2.32. The third kappa shape index (κ3) is 4.29. The minimum Gasteiger partial charge on any atom is -0.303 e. The molecule has 0 radical (unpaired) electrons. The average molecular weight is 237 g/mol. The van der Waals surface area contributed by atoms with Crippen LogP contribution >= 0.6 is 0 Å². The van der Waals surface area contributed by atoms with Crippen molar-refractivity contribution in [2.75, 3.05) is 20.1 Å². The third-order valence-corrected chi connectivity index (χ3v) is 4.14. The molecule has 0 saturated carbocycles. The van der Waals surface area contributed by atoms with Gasteiger partial charge >= 0.3 is 0 Å². The summed E-state index contributed by atoms with van der Waals surface area (Å²) in [6.45, 7) is 6.68. The molecule has 0 bridgehead atoms. The molecule has 0 aliphatic carbocycles. The first-order valence-corrected chi connectivity index (χ1v) is 6.99. The molecule has 2 atom stereocenters. The van der Waals surface area contributed by atoms with Crippen molar-refractivity contribution in [2.45, 2.75) is 64.0 Å². The lowest BCUT2D eigenvalue weighted by atomic mass is 9.96. The highest BCUT2D eigenvalue weighted by atomic mass is 15.2. The zero-order valence-electron chi connectivity index (χ0n) is 11.6. The van der Waals surface area contributed by atoms with Gasteiger partial charge in [-0.3, -0.25) is 0 Å². The molecule has 3 heteroatoms. The van der Waals surface area contributed by atoms with E-state index < -0.39 is 0 Å². The Morgan fingerprint density at radius 3 is 2.82 bits per heavy atom. The molecule has 1 rings (SSSR count). The zero-order valence-corrected chi connectivity index (χ0v) is 11.6. The number of nitriles is 1. The van der Waals surface area contributed by atoms with E-state index in [-0.39, 0.29) is 5.54 Å². The Hall–Kier alpha value is -0.590. The summed E-state index contributed by atoms with van der Waals surface area (Å²) in [7, 11) is 1.87. The van der Waals surface area contributed by atoms with Crippen LogP contribution in [0, 0.1) is 11.3 Å². The van der Waals surface area contributed by atoms with E-state index in [0.29, 0.717) is 0 Å². The summed E-state index contributed by atoms with van der Waals surface area (Å²) in [4.78, 5) is 2.62. The van der Waals surface area contributed by atoms with Gasteiger partial charge in [-0.25, -0.2) is 0 Å². The van der Waals surface area contributed by atoms with Gasteiger partial charge in [0, 0.05) is 6.04 Å². The van der Waals surface area contributed by atoms with Gasteiger partial charge in [-0.1, -0.05) is 13.3 Å². The summed E-state index contributed by atoms with van der Waals surface area (Å²) in [5, 5.41) is 12.2. The molecular formula is C14H27N3. The van der Waals surface area contributed by atoms with E-state index in [1.807, 2.05) is 14.0 Å². The molecule has 0 spiro atoms. The van der Waals surface area contributed by atoms with E-state index >= 15 is 0 Å². The van der Waals surface area contributed by atoms with Gasteiger partial charge in [-0.05, 0) is 59.2 Å². The largest absolute Gasteiger partial charge is 0.303 e. The standard InChI is InChI=1S/C14H27N3/c1-4-13-8-5-6-10-17(13)11-7-9-14(2,12-15)16-3/h13,16H,4-11H2,1-3H3. The molecule has 1 aliphatic heterocycles. The van der Waals surface area contributed by atoms with Crippen molar-refractivity contribution in [3.63, 3.8) is 0 Å². The molecule has 1 N–H and O–H groups in total. The van der Waals surface area contributed by atoms with Crippen molar-refractivity contribution in [2.24, 2.45) is 0 Å². The zero-order chi connectivity index (χ0) is 12.7. The summed E-state index contributed by atoms with van der Waals surface area (Å²) < 4.78 is 0. The van der Waals surface area contributed by atoms with Crippen LogP contribution in [0.1, 0.15) is 52.4 Å². The van der Waals surface area contributed by atoms with E-state index in [4.69, 9.17) is 5.26 Å². The molecular weight excluding hydrogens is 210 g/mol. The van der Waals surface area contributed by atoms with Gasteiger partial charge in [-0.2, -0.15) is 5.26 Å². The van der Waals surface area contributed by atoms with Crippen LogP contribution in [0.25, 0.3) is 0 Å². The van der Waals surface area contributed by atoms with E-state index in [2.05, 4.69) is 23.2 Å². The molecule has 0 amide bonds. The monoisotopic (exact) mass is 237 g/mol. The molecule has 1 aliphatic rings. The highest BCUT2D eigenvalue weighted by Crippen LogP contribution is 2.20. The van der Waals surface area contributed by atoms with Crippen molar-refractivity contribution >= 4 is 0 Å². The first kappa shape index (κ1) is 14.5. The molecule has 1 fully saturated rings. The van der Waals surface area contributed by atoms with Gasteiger partial charge < -0.3 is 10.2 Å². The molecule has 98 valence electrons. The minimum atomic E-state index is -0.350. The normalized spacial score (nSPS) is 25.2. The Labute approximate surface area is 106 Å². The molecule has 2 unspecified atom stereocenters. The highest BCUT2D eigenvalue weighted by molar-refractivity contribution is 5.02. The fourth-order valence-corrected chi connectivity index (χ4v) is 2.69. The van der Waals surface area contributed by atoms with Crippen LogP contribution in [0.5, 0.6) is 0 Å². The van der Waals surface area contributed by atoms with E-state index in [0.717, 1.165) is 25.4 Å². The predicted molar refractivity (Wildman–Crippen MR) is 71.8 cm³/mol. The summed E-state index contributed by atoms with van der Waals surface area (Å²) in [5.74, 6) is 0. The van der Waals surface area contributed by atoms with Crippen LogP contribution in [0.4, 0.5) is 0 Å². The highest BCUT2D eigenvalue weighted by Gasteiger charge is 2.23. The van der Waals surface area contributed by atoms with Gasteiger partial charge in [0.2, 0.25) is 0 Å². The van der Waals surface area contributed by atoms with Crippen LogP contribution in [0.3, 0.4) is 0 Å². The number of piperidine rings is 1. The third-order valence-electron chi connectivity index (χ3n) is 4.14. The lowest BCUT2D eigenvalue weighted by Gasteiger charge is -2.35. The molecule has 0 aromatic heterocycles. The number of likely N-dealkylation sites (tertiary alicyclic amines) is 1. The number of hydrogen-bond acceptors (Lipinski definition) is 3. The van der Waals surface area contributed by atoms with Crippen LogP contribution in [-0.2, 0) is 0 Å². The quantitative estimate of drug-likeness (QED) is 0.771. The SMILES string of the molecule is CCC1CCCCN1CCCC(C)(C#N)NC. The van der Waals surface area contributed by atoms with Crippen LogP contribution < -0.4 is 5.32 Å². The lowest BCUT2D eigenvalue weighted by Crippen LogP contribution is -2.42. The second-order valence-electron chi connectivity index (χ2n) is 5.39. The van der Waals surface area contributed by atoms with Crippen molar-refractivity contribution in [3.05, 3.63) is 0 Å². The lowest BCUT2D eigenvalue weighted by molar-refractivity contribution is 0.139. The molecule has 0 aromatic rings. The topological polar surface area (TPSA) is 39.1 Å². The van der Waals surface area contributed by atoms with Crippen molar-refractivity contribution in [1.29, 1.82) is 5.26 Å². The maximum absolute atomic E-state index is 9.09. The number of rotatable bonds is 6. The number of nitrogens with zero attached hydrogens (tertiary/aromatic N) is 2. The number of hydrogen-bond donors (Lipinski definition) is 1. The van der Waals surface area contributed by atoms with Gasteiger partial charge in [0.1, 0.15) is 5.54 Å². The van der Waals surface area contributed by atoms with Gasteiger partial charge in [0.05, 0.1) is 6.07 Å². The summed E-state index contributed by atoms with van der Waals surface area (Å²) in [5.41, 5.74) is -0.350. The second kappa shape index (κ2) is 6.98. The average Bonchev–Trinajstić information content (AvgIpc) is 2.39. The summed E-state index contributed by atoms with van der Waals surface area (Å²) in [6.07, 6.45) is 7.41. The smallest absolute Gasteiger partial charge is 0.103 e. The Morgan fingerprint density at radius 1 is 1.47 bits per heavy atom. The molecule has 1 saturated heterocycles. The van der Waals surface area contributed by atoms with Crippen LogP contribution in [0.15, 0.2) is 0 Å². The minimum absolute atomic E-state index is 0.350. The fourth-order valence-electron chi connectivity index (χ4n) is 2.69. The van der Waals surface area contributed by atoms with E-state index in [1.54, 1.807) is 0 Å². The summed E-state index contributed by atoms with van der Waals surface area (Å²) >= 11 is 0. The first-order chi connectivity index (χ1) is 8.15. The Morgan fingerprint density at radius 2 is 2.24 bits per heavy atom. The maximum Gasteiger partial charge on any atom is 0.103 e. The molecule has 3 nitrogen and oxygen atoms in total.